The molecule has 0 unspecified atom stereocenters. The molecule has 0 aliphatic carbocycles. The first kappa shape index (κ1) is 30.0. The van der Waals surface area contributed by atoms with Crippen molar-refractivity contribution in [3.8, 4) is 17.0 Å². The number of hydrogen-bond donors (Lipinski definition) is 4. The molecule has 0 saturated carbocycles. The largest absolute Gasteiger partial charge is 0.491 e. The Morgan fingerprint density at radius 2 is 1.84 bits per heavy atom. The molecular weight excluding hydrogens is 559 g/mol. The van der Waals surface area contributed by atoms with Crippen LogP contribution in [0.5, 0.6) is 5.75 Å². The summed E-state index contributed by atoms with van der Waals surface area (Å²) in [6, 6.07) is 6.28. The van der Waals surface area contributed by atoms with Crippen LogP contribution >= 0.6 is 0 Å². The van der Waals surface area contributed by atoms with Crippen molar-refractivity contribution in [3.63, 3.8) is 0 Å². The SMILES string of the molecule is CC(C)[C@@H]1NC(=O)c2cc(-c3nn(C)c4ccc(F)cc34)ccc2OCCNC(=O)[C@@H]2C[C@H](O)CN2C(=O)[C@@H](C)NC1=O. The van der Waals surface area contributed by atoms with Crippen molar-refractivity contribution in [2.24, 2.45) is 13.0 Å². The fraction of sp³-hybridized carbons (Fsp3) is 0.433. The number of aliphatic hydroxyl groups excluding tert-OH is 1. The predicted octanol–water partition coefficient (Wildman–Crippen LogP) is 1.11. The minimum atomic E-state index is -1.01. The van der Waals surface area contributed by atoms with E-state index in [4.69, 9.17) is 4.74 Å². The van der Waals surface area contributed by atoms with E-state index in [1.165, 1.54) is 24.0 Å². The van der Waals surface area contributed by atoms with E-state index < -0.39 is 53.7 Å². The Kier molecular flexibility index (Phi) is 8.36. The van der Waals surface area contributed by atoms with Crippen molar-refractivity contribution >= 4 is 34.5 Å². The maximum Gasteiger partial charge on any atom is 0.255 e. The second-order valence-corrected chi connectivity index (χ2v) is 11.3. The van der Waals surface area contributed by atoms with Crippen LogP contribution in [0.4, 0.5) is 4.39 Å². The molecule has 4 atom stereocenters. The number of aliphatic hydroxyl groups is 1. The van der Waals surface area contributed by atoms with Gasteiger partial charge in [-0.05, 0) is 49.2 Å². The highest BCUT2D eigenvalue weighted by atomic mass is 19.1. The first-order valence-corrected chi connectivity index (χ1v) is 14.2. The number of ether oxygens (including phenoxy) is 1. The summed E-state index contributed by atoms with van der Waals surface area (Å²) < 4.78 is 21.7. The summed E-state index contributed by atoms with van der Waals surface area (Å²) in [7, 11) is 1.74. The van der Waals surface area contributed by atoms with E-state index in [1.807, 2.05) is 0 Å². The zero-order valence-electron chi connectivity index (χ0n) is 24.4. The number of amides is 4. The third-order valence-corrected chi connectivity index (χ3v) is 7.80. The van der Waals surface area contributed by atoms with Crippen molar-refractivity contribution in [2.45, 2.75) is 51.4 Å². The zero-order valence-corrected chi connectivity index (χ0v) is 24.4. The molecule has 1 aromatic heterocycles. The predicted molar refractivity (Wildman–Crippen MR) is 154 cm³/mol. The van der Waals surface area contributed by atoms with Gasteiger partial charge in [0.05, 0.1) is 23.7 Å². The Bertz CT molecular complexity index is 1590. The number of hydrogen-bond acceptors (Lipinski definition) is 7. The van der Waals surface area contributed by atoms with Crippen LogP contribution in [0.15, 0.2) is 36.4 Å². The minimum absolute atomic E-state index is 0.00316. The molecule has 5 rings (SSSR count). The van der Waals surface area contributed by atoms with Gasteiger partial charge in [0.2, 0.25) is 17.7 Å². The van der Waals surface area contributed by atoms with Gasteiger partial charge in [0, 0.05) is 31.0 Å². The molecule has 1 saturated heterocycles. The summed E-state index contributed by atoms with van der Waals surface area (Å²) in [6.45, 7) is 5.05. The number of fused-ring (bicyclic) bond motifs is 3. The Balaban J connectivity index is 1.52. The van der Waals surface area contributed by atoms with Gasteiger partial charge in [-0.2, -0.15) is 5.10 Å². The molecule has 2 aliphatic heterocycles. The molecule has 12 nitrogen and oxygen atoms in total. The number of aromatic nitrogens is 2. The molecule has 2 aliphatic rings. The lowest BCUT2D eigenvalue weighted by Gasteiger charge is -2.29. The average molecular weight is 595 g/mol. The first-order valence-electron chi connectivity index (χ1n) is 14.2. The van der Waals surface area contributed by atoms with Gasteiger partial charge in [0.15, 0.2) is 0 Å². The van der Waals surface area contributed by atoms with Crippen molar-refractivity contribution in [3.05, 3.63) is 47.8 Å². The highest BCUT2D eigenvalue weighted by Gasteiger charge is 2.41. The van der Waals surface area contributed by atoms with Crippen molar-refractivity contribution in [1.29, 1.82) is 0 Å². The topological polar surface area (TPSA) is 155 Å². The summed E-state index contributed by atoms with van der Waals surface area (Å²) >= 11 is 0. The monoisotopic (exact) mass is 594 g/mol. The van der Waals surface area contributed by atoms with Crippen LogP contribution in [0.2, 0.25) is 0 Å². The maximum absolute atomic E-state index is 14.1. The molecule has 0 spiro atoms. The molecule has 2 aromatic carbocycles. The van der Waals surface area contributed by atoms with Crippen molar-refractivity contribution < 1.29 is 33.4 Å². The number of nitrogens with one attached hydrogen (secondary N) is 3. The van der Waals surface area contributed by atoms with Crippen LogP contribution < -0.4 is 20.7 Å². The second-order valence-electron chi connectivity index (χ2n) is 11.3. The van der Waals surface area contributed by atoms with Crippen LogP contribution in [-0.2, 0) is 21.4 Å². The van der Waals surface area contributed by atoms with E-state index in [0.717, 1.165) is 0 Å². The number of halogens is 1. The third-order valence-electron chi connectivity index (χ3n) is 7.80. The Morgan fingerprint density at radius 1 is 1.07 bits per heavy atom. The van der Waals surface area contributed by atoms with Crippen molar-refractivity contribution in [2.75, 3.05) is 19.7 Å². The Morgan fingerprint density at radius 3 is 2.58 bits per heavy atom. The summed E-state index contributed by atoms with van der Waals surface area (Å²) in [5, 5.41) is 23.5. The first-order chi connectivity index (χ1) is 20.4. The van der Waals surface area contributed by atoms with E-state index in [1.54, 1.807) is 49.8 Å². The minimum Gasteiger partial charge on any atom is -0.491 e. The number of aryl methyl sites for hydroxylation is 1. The Labute approximate surface area is 247 Å². The lowest BCUT2D eigenvalue weighted by Crippen LogP contribution is -2.57. The van der Waals surface area contributed by atoms with Gasteiger partial charge in [-0.15, -0.1) is 0 Å². The molecule has 228 valence electrons. The molecule has 43 heavy (non-hydrogen) atoms. The van der Waals surface area contributed by atoms with E-state index >= 15 is 0 Å². The van der Waals surface area contributed by atoms with Gasteiger partial charge in [0.1, 0.15) is 42.0 Å². The second kappa shape index (κ2) is 12.0. The number of carbonyl (C=O) groups excluding carboxylic acids is 4. The van der Waals surface area contributed by atoms with Crippen LogP contribution in [0.3, 0.4) is 0 Å². The summed E-state index contributed by atoms with van der Waals surface area (Å²) in [5.41, 5.74) is 1.80. The molecule has 13 heteroatoms. The zero-order chi connectivity index (χ0) is 31.0. The fourth-order valence-corrected chi connectivity index (χ4v) is 5.56. The van der Waals surface area contributed by atoms with Gasteiger partial charge in [-0.1, -0.05) is 13.8 Å². The van der Waals surface area contributed by atoms with Gasteiger partial charge < -0.3 is 30.7 Å². The average Bonchev–Trinajstić information content (AvgIpc) is 3.51. The standard InChI is InChI=1S/C30H35FN6O6/c1-15(2)25-29(41)33-16(3)30(42)37-14-19(38)13-23(37)28(40)32-9-10-43-24-8-5-17(11-21(24)27(39)34-25)26-20-12-18(31)6-7-22(20)36(4)35-26/h5-8,11-12,15-16,19,23,25,38H,9-10,13-14H2,1-4H3,(H,32,40)(H,33,41)(H,34,39)/t16-,19+,23+,25+/m1/s1. The van der Waals surface area contributed by atoms with Crippen LogP contribution in [0.1, 0.15) is 37.6 Å². The molecule has 0 radical (unpaired) electrons. The molecule has 1 fully saturated rings. The van der Waals surface area contributed by atoms with Gasteiger partial charge in [-0.3, -0.25) is 23.9 Å². The van der Waals surface area contributed by atoms with E-state index in [2.05, 4.69) is 21.0 Å². The number of rotatable bonds is 2. The highest BCUT2D eigenvalue weighted by Crippen LogP contribution is 2.32. The number of carbonyl (C=O) groups is 4. The third kappa shape index (κ3) is 6.03. The van der Waals surface area contributed by atoms with Crippen LogP contribution in [0.25, 0.3) is 22.2 Å². The molecule has 4 N–H and O–H groups in total. The summed E-state index contributed by atoms with van der Waals surface area (Å²) in [5.74, 6) is -2.73. The molecule has 3 heterocycles. The van der Waals surface area contributed by atoms with Crippen molar-refractivity contribution in [1.82, 2.24) is 30.6 Å². The van der Waals surface area contributed by atoms with Gasteiger partial charge in [-0.25, -0.2) is 4.39 Å². The molecule has 4 amide bonds. The van der Waals surface area contributed by atoms with E-state index in [-0.39, 0.29) is 43.3 Å². The van der Waals surface area contributed by atoms with Crippen LogP contribution in [0, 0.1) is 11.7 Å². The molecule has 0 bridgehead atoms. The highest BCUT2D eigenvalue weighted by molar-refractivity contribution is 6.02. The smallest absolute Gasteiger partial charge is 0.255 e. The fourth-order valence-electron chi connectivity index (χ4n) is 5.56. The van der Waals surface area contributed by atoms with Crippen LogP contribution in [-0.4, -0.2) is 87.3 Å². The van der Waals surface area contributed by atoms with Gasteiger partial charge in [0.25, 0.3) is 5.91 Å². The lowest BCUT2D eigenvalue weighted by molar-refractivity contribution is -0.141. The molecular formula is C30H35FN6O6. The summed E-state index contributed by atoms with van der Waals surface area (Å²) in [6.07, 6.45) is -0.806. The van der Waals surface area contributed by atoms with E-state index in [9.17, 15) is 28.7 Å². The summed E-state index contributed by atoms with van der Waals surface area (Å²) in [4.78, 5) is 54.5. The van der Waals surface area contributed by atoms with Gasteiger partial charge >= 0.3 is 0 Å². The quantitative estimate of drug-likeness (QED) is 0.347. The molecule has 3 aromatic rings. The number of benzene rings is 2. The lowest BCUT2D eigenvalue weighted by atomic mass is 10.0. The number of nitrogens with zero attached hydrogens (tertiary/aromatic N) is 3. The normalized spacial score (nSPS) is 23.8. The Hall–Kier alpha value is -4.52. The van der Waals surface area contributed by atoms with E-state index in [0.29, 0.717) is 22.2 Å². The maximum atomic E-state index is 14.1.